The zero-order valence-electron chi connectivity index (χ0n) is 16.9. The molecule has 1 saturated carbocycles. The number of benzene rings is 1. The lowest BCUT2D eigenvalue weighted by atomic mass is 9.89. The molecule has 2 aromatic heterocycles. The van der Waals surface area contributed by atoms with Crippen molar-refractivity contribution in [2.24, 2.45) is 7.05 Å². The number of sulfonamides is 1. The van der Waals surface area contributed by atoms with E-state index in [0.717, 1.165) is 37.2 Å². The Morgan fingerprint density at radius 3 is 2.71 bits per heavy atom. The Morgan fingerprint density at radius 1 is 1.23 bits per heavy atom. The highest BCUT2D eigenvalue weighted by Crippen LogP contribution is 2.45. The van der Waals surface area contributed by atoms with Crippen molar-refractivity contribution >= 4 is 15.8 Å². The van der Waals surface area contributed by atoms with Gasteiger partial charge in [0.2, 0.25) is 0 Å². The van der Waals surface area contributed by atoms with E-state index in [2.05, 4.69) is 19.8 Å². The highest BCUT2D eigenvalue weighted by atomic mass is 32.2. The molecule has 0 aliphatic heterocycles. The molecule has 1 aliphatic carbocycles. The Morgan fingerprint density at radius 2 is 2.03 bits per heavy atom. The highest BCUT2D eigenvalue weighted by molar-refractivity contribution is 7.92. The second-order valence-corrected chi connectivity index (χ2v) is 9.33. The lowest BCUT2D eigenvalue weighted by Crippen LogP contribution is -2.36. The monoisotopic (exact) mass is 449 g/mol. The fourth-order valence-electron chi connectivity index (χ4n) is 4.02. The maximum atomic E-state index is 14.8. The van der Waals surface area contributed by atoms with Gasteiger partial charge in [-0.2, -0.15) is 14.5 Å². The van der Waals surface area contributed by atoms with Gasteiger partial charge in [0.05, 0.1) is 4.90 Å². The van der Waals surface area contributed by atoms with Gasteiger partial charge >= 0.3 is 6.08 Å². The van der Waals surface area contributed by atoms with E-state index in [1.54, 1.807) is 10.9 Å². The van der Waals surface area contributed by atoms with Gasteiger partial charge in [-0.1, -0.05) is 0 Å². The Balaban J connectivity index is 1.57. The fourth-order valence-corrected chi connectivity index (χ4v) is 5.03. The molecule has 0 unspecified atom stereocenters. The summed E-state index contributed by atoms with van der Waals surface area (Å²) in [6.45, 7) is 1.92. The summed E-state index contributed by atoms with van der Waals surface area (Å²) in [5.41, 5.74) is 0.340. The molecule has 1 aliphatic rings. The third-order valence-electron chi connectivity index (χ3n) is 5.54. The van der Waals surface area contributed by atoms with Crippen LogP contribution in [0.2, 0.25) is 0 Å². The van der Waals surface area contributed by atoms with Gasteiger partial charge in [-0.3, -0.25) is 9.40 Å². The second kappa shape index (κ2) is 7.88. The van der Waals surface area contributed by atoms with E-state index in [9.17, 15) is 17.2 Å². The van der Waals surface area contributed by atoms with Crippen molar-refractivity contribution in [1.82, 2.24) is 19.7 Å². The molecule has 0 spiro atoms. The molecule has 164 valence electrons. The Hall–Kier alpha value is -3.08. The van der Waals surface area contributed by atoms with Crippen molar-refractivity contribution < 1.29 is 21.9 Å². The van der Waals surface area contributed by atoms with E-state index in [1.807, 2.05) is 20.0 Å². The first-order valence-electron chi connectivity index (χ1n) is 9.66. The summed E-state index contributed by atoms with van der Waals surface area (Å²) in [5, 5.41) is 4.21. The van der Waals surface area contributed by atoms with Crippen LogP contribution in [0.4, 0.5) is 14.6 Å². The highest BCUT2D eigenvalue weighted by Gasteiger charge is 2.43. The first-order valence-corrected chi connectivity index (χ1v) is 11.1. The molecule has 1 fully saturated rings. The van der Waals surface area contributed by atoms with E-state index in [0.29, 0.717) is 0 Å². The lowest BCUT2D eigenvalue weighted by Gasteiger charge is -2.33. The maximum absolute atomic E-state index is 14.8. The number of aromatic nitrogens is 4. The van der Waals surface area contributed by atoms with Gasteiger partial charge in [-0.15, -0.1) is 0 Å². The van der Waals surface area contributed by atoms with Crippen LogP contribution in [-0.4, -0.2) is 33.8 Å². The largest absolute Gasteiger partial charge is 0.484 e. The number of nitrogens with one attached hydrogen (secondary N) is 1. The summed E-state index contributed by atoms with van der Waals surface area (Å²) < 4.78 is 62.9. The van der Waals surface area contributed by atoms with Crippen LogP contribution in [0.5, 0.6) is 5.75 Å². The predicted octanol–water partition coefficient (Wildman–Crippen LogP) is 3.39. The smallest absolute Gasteiger partial charge is 0.310 e. The number of halogens is 2. The summed E-state index contributed by atoms with van der Waals surface area (Å²) >= 11 is 0. The Bertz CT molecular complexity index is 1220. The third-order valence-corrected chi connectivity index (χ3v) is 6.89. The van der Waals surface area contributed by atoms with Crippen LogP contribution < -0.4 is 9.46 Å². The molecular formula is C20H21F2N5O3S. The molecule has 1 N–H and O–H groups in total. The number of rotatable bonds is 6. The minimum Gasteiger partial charge on any atom is -0.484 e. The number of anilines is 1. The first kappa shape index (κ1) is 21.2. The standard InChI is InChI=1S/C20H21F2N5O3S/c1-20(9-3-4-14(20)16-7-11-24-27(16)2)30-17-6-5-13(12-15(17)21)31(28,29)26-18-8-10-23-19(22)25-18/h5-8,10-12,14H,3-4,9H2,1-2H3,(H,23,25,26)/t14-,20-/m1/s1. The van der Waals surface area contributed by atoms with Gasteiger partial charge in [-0.05, 0) is 50.5 Å². The van der Waals surface area contributed by atoms with Gasteiger partial charge in [0, 0.05) is 37.1 Å². The average Bonchev–Trinajstić information content (AvgIpc) is 3.28. The van der Waals surface area contributed by atoms with Gasteiger partial charge in [0.15, 0.2) is 11.6 Å². The van der Waals surface area contributed by atoms with Crippen LogP contribution in [0, 0.1) is 11.9 Å². The van der Waals surface area contributed by atoms with E-state index >= 15 is 0 Å². The van der Waals surface area contributed by atoms with Gasteiger partial charge in [0.1, 0.15) is 11.4 Å². The van der Waals surface area contributed by atoms with Crippen LogP contribution in [-0.2, 0) is 17.1 Å². The zero-order chi connectivity index (χ0) is 22.2. The quantitative estimate of drug-likeness (QED) is 0.579. The minimum atomic E-state index is -4.18. The van der Waals surface area contributed by atoms with Crippen molar-refractivity contribution in [3.8, 4) is 5.75 Å². The van der Waals surface area contributed by atoms with Crippen molar-refractivity contribution in [3.05, 3.63) is 60.3 Å². The van der Waals surface area contributed by atoms with Crippen LogP contribution in [0.15, 0.2) is 47.6 Å². The Kier molecular flexibility index (Phi) is 5.38. The molecule has 8 nitrogen and oxygen atoms in total. The minimum absolute atomic E-state index is 0.0251. The van der Waals surface area contributed by atoms with Crippen LogP contribution in [0.25, 0.3) is 0 Å². The summed E-state index contributed by atoms with van der Waals surface area (Å²) in [6, 6.07) is 6.50. The van der Waals surface area contributed by atoms with E-state index in [4.69, 9.17) is 4.74 Å². The fraction of sp³-hybridized carbons (Fsp3) is 0.350. The molecule has 0 amide bonds. The van der Waals surface area contributed by atoms with Crippen molar-refractivity contribution in [3.63, 3.8) is 0 Å². The van der Waals surface area contributed by atoms with Crippen LogP contribution in [0.1, 0.15) is 37.8 Å². The number of hydrogen-bond donors (Lipinski definition) is 1. The third kappa shape index (κ3) is 4.22. The topological polar surface area (TPSA) is 99.0 Å². The molecule has 1 aromatic carbocycles. The molecule has 0 saturated heterocycles. The Labute approximate surface area is 178 Å². The van der Waals surface area contributed by atoms with Gasteiger partial charge in [-0.25, -0.2) is 17.8 Å². The van der Waals surface area contributed by atoms with Gasteiger partial charge < -0.3 is 4.74 Å². The molecule has 31 heavy (non-hydrogen) atoms. The number of ether oxygens (including phenoxy) is 1. The summed E-state index contributed by atoms with van der Waals surface area (Å²) in [5.74, 6) is -1.08. The average molecular weight is 449 g/mol. The van der Waals surface area contributed by atoms with Crippen molar-refractivity contribution in [2.45, 2.75) is 42.6 Å². The van der Waals surface area contributed by atoms with E-state index < -0.39 is 27.5 Å². The summed E-state index contributed by atoms with van der Waals surface area (Å²) in [6.07, 6.45) is 4.22. The second-order valence-electron chi connectivity index (χ2n) is 7.65. The molecule has 3 aromatic rings. The number of hydrogen-bond acceptors (Lipinski definition) is 6. The first-order chi connectivity index (χ1) is 14.7. The van der Waals surface area contributed by atoms with E-state index in [-0.39, 0.29) is 22.4 Å². The van der Waals surface area contributed by atoms with Crippen molar-refractivity contribution in [1.29, 1.82) is 0 Å². The lowest BCUT2D eigenvalue weighted by molar-refractivity contribution is 0.0704. The van der Waals surface area contributed by atoms with Crippen molar-refractivity contribution in [2.75, 3.05) is 4.72 Å². The molecule has 0 bridgehead atoms. The molecule has 11 heteroatoms. The number of aryl methyl sites for hydroxylation is 1. The SMILES string of the molecule is Cn1nccc1[C@H]1CCC[C@@]1(C)Oc1ccc(S(=O)(=O)Nc2ccnc(F)n2)cc1F. The van der Waals surface area contributed by atoms with Crippen LogP contribution in [0.3, 0.4) is 0 Å². The predicted molar refractivity (Wildman–Crippen MR) is 108 cm³/mol. The maximum Gasteiger partial charge on any atom is 0.310 e. The summed E-state index contributed by atoms with van der Waals surface area (Å²) in [7, 11) is -2.33. The molecular weight excluding hydrogens is 428 g/mol. The molecule has 2 heterocycles. The van der Waals surface area contributed by atoms with E-state index in [1.165, 1.54) is 18.2 Å². The van der Waals surface area contributed by atoms with Crippen LogP contribution >= 0.6 is 0 Å². The molecule has 2 atom stereocenters. The zero-order valence-corrected chi connectivity index (χ0v) is 17.7. The summed E-state index contributed by atoms with van der Waals surface area (Å²) in [4.78, 5) is 6.27. The van der Waals surface area contributed by atoms with Gasteiger partial charge in [0.25, 0.3) is 10.0 Å². The molecule has 0 radical (unpaired) electrons. The molecule has 4 rings (SSSR count). The normalized spacial score (nSPS) is 21.2. The number of nitrogens with zero attached hydrogens (tertiary/aromatic N) is 4.